The fourth-order valence-electron chi connectivity index (χ4n) is 2.09. The summed E-state index contributed by atoms with van der Waals surface area (Å²) >= 11 is 0. The molecule has 0 radical (unpaired) electrons. The van der Waals surface area contributed by atoms with Gasteiger partial charge in [-0.15, -0.1) is 0 Å². The maximum Gasteiger partial charge on any atom is 0.128 e. The highest BCUT2D eigenvalue weighted by molar-refractivity contribution is 5.30. The molecule has 1 heterocycles. The molecule has 18 heavy (non-hydrogen) atoms. The molecular weight excluding hydrogens is 231 g/mol. The molecule has 0 saturated carbocycles. The van der Waals surface area contributed by atoms with Gasteiger partial charge in [0.1, 0.15) is 5.82 Å². The molecule has 96 valence electrons. The summed E-state index contributed by atoms with van der Waals surface area (Å²) in [6.45, 7) is 4.62. The highest BCUT2D eigenvalue weighted by Crippen LogP contribution is 2.24. The van der Waals surface area contributed by atoms with Gasteiger partial charge < -0.3 is 0 Å². The van der Waals surface area contributed by atoms with Crippen LogP contribution in [0.3, 0.4) is 0 Å². The van der Waals surface area contributed by atoms with Crippen molar-refractivity contribution >= 4 is 0 Å². The first-order valence-electron chi connectivity index (χ1n) is 5.92. The summed E-state index contributed by atoms with van der Waals surface area (Å²) < 4.78 is 15.7. The van der Waals surface area contributed by atoms with E-state index in [-0.39, 0.29) is 5.82 Å². The molecule has 1 atom stereocenters. The van der Waals surface area contributed by atoms with Crippen LogP contribution in [-0.4, -0.2) is 9.78 Å². The highest BCUT2D eigenvalue weighted by atomic mass is 19.1. The van der Waals surface area contributed by atoms with Gasteiger partial charge in [0, 0.05) is 12.1 Å². The zero-order chi connectivity index (χ0) is 13.1. The van der Waals surface area contributed by atoms with Gasteiger partial charge in [-0.1, -0.05) is 18.2 Å². The molecular formula is C13H17FN4. The second kappa shape index (κ2) is 5.29. The number of rotatable bonds is 4. The van der Waals surface area contributed by atoms with Gasteiger partial charge in [-0.2, -0.15) is 5.10 Å². The Hall–Kier alpha value is -1.72. The first-order chi connectivity index (χ1) is 8.67. The van der Waals surface area contributed by atoms with Gasteiger partial charge in [0.25, 0.3) is 0 Å². The van der Waals surface area contributed by atoms with E-state index in [1.54, 1.807) is 18.2 Å². The molecule has 0 aliphatic rings. The van der Waals surface area contributed by atoms with Gasteiger partial charge >= 0.3 is 0 Å². The van der Waals surface area contributed by atoms with Gasteiger partial charge in [-0.05, 0) is 26.0 Å². The van der Waals surface area contributed by atoms with Crippen LogP contribution in [0.5, 0.6) is 0 Å². The Balaban J connectivity index is 2.48. The number of aryl methyl sites for hydroxylation is 2. The third-order valence-corrected chi connectivity index (χ3v) is 2.91. The number of benzene rings is 1. The second-order valence-electron chi connectivity index (χ2n) is 4.15. The smallest absolute Gasteiger partial charge is 0.128 e. The van der Waals surface area contributed by atoms with Crippen molar-refractivity contribution in [1.29, 1.82) is 0 Å². The van der Waals surface area contributed by atoms with Crippen LogP contribution < -0.4 is 11.3 Å². The lowest BCUT2D eigenvalue weighted by Gasteiger charge is -2.18. The number of hydrogen-bond acceptors (Lipinski definition) is 3. The number of aromatic nitrogens is 2. The van der Waals surface area contributed by atoms with Crippen LogP contribution in [-0.2, 0) is 6.54 Å². The monoisotopic (exact) mass is 248 g/mol. The molecule has 0 aliphatic heterocycles. The fraction of sp³-hybridized carbons (Fsp3) is 0.308. The number of nitrogens with one attached hydrogen (secondary N) is 1. The highest BCUT2D eigenvalue weighted by Gasteiger charge is 2.20. The van der Waals surface area contributed by atoms with E-state index >= 15 is 0 Å². The van der Waals surface area contributed by atoms with Crippen molar-refractivity contribution in [3.05, 3.63) is 53.1 Å². The van der Waals surface area contributed by atoms with Gasteiger partial charge in [0.15, 0.2) is 0 Å². The maximum atomic E-state index is 13.8. The molecule has 0 fully saturated rings. The van der Waals surface area contributed by atoms with Crippen LogP contribution in [0.25, 0.3) is 0 Å². The lowest BCUT2D eigenvalue weighted by molar-refractivity contribution is 0.515. The van der Waals surface area contributed by atoms with Crippen LogP contribution >= 0.6 is 0 Å². The van der Waals surface area contributed by atoms with Crippen molar-refractivity contribution in [2.24, 2.45) is 5.84 Å². The van der Waals surface area contributed by atoms with Crippen LogP contribution in [0.1, 0.15) is 29.9 Å². The zero-order valence-electron chi connectivity index (χ0n) is 10.5. The topological polar surface area (TPSA) is 55.9 Å². The van der Waals surface area contributed by atoms with Crippen molar-refractivity contribution < 1.29 is 4.39 Å². The Bertz CT molecular complexity index is 536. The number of hydrazine groups is 1. The summed E-state index contributed by atoms with van der Waals surface area (Å²) in [5.41, 5.74) is 4.94. The van der Waals surface area contributed by atoms with E-state index in [4.69, 9.17) is 5.84 Å². The molecule has 2 rings (SSSR count). The normalized spacial score (nSPS) is 12.7. The van der Waals surface area contributed by atoms with Crippen molar-refractivity contribution in [3.8, 4) is 0 Å². The third-order valence-electron chi connectivity index (χ3n) is 2.91. The van der Waals surface area contributed by atoms with Crippen molar-refractivity contribution in [3.63, 3.8) is 0 Å². The minimum atomic E-state index is -0.396. The molecule has 2 aromatic rings. The van der Waals surface area contributed by atoms with Gasteiger partial charge in [-0.25, -0.2) is 9.82 Å². The molecule has 1 unspecified atom stereocenters. The SMILES string of the molecule is CCn1nc(C)cc1C(NN)c1ccccc1F. The van der Waals surface area contributed by atoms with Crippen molar-refractivity contribution in [2.45, 2.75) is 26.4 Å². The van der Waals surface area contributed by atoms with E-state index in [0.717, 1.165) is 17.9 Å². The molecule has 0 aliphatic carbocycles. The summed E-state index contributed by atoms with van der Waals surface area (Å²) in [7, 11) is 0. The number of halogens is 1. The Labute approximate surface area is 106 Å². The number of nitrogens with two attached hydrogens (primary N) is 1. The van der Waals surface area contributed by atoms with Crippen LogP contribution in [0.15, 0.2) is 30.3 Å². The molecule has 3 N–H and O–H groups in total. The molecule has 0 amide bonds. The minimum Gasteiger partial charge on any atom is -0.271 e. The molecule has 0 saturated heterocycles. The second-order valence-corrected chi connectivity index (χ2v) is 4.15. The summed E-state index contributed by atoms with van der Waals surface area (Å²) in [4.78, 5) is 0. The fourth-order valence-corrected chi connectivity index (χ4v) is 2.09. The molecule has 0 bridgehead atoms. The van der Waals surface area contributed by atoms with E-state index in [1.807, 2.05) is 24.6 Å². The van der Waals surface area contributed by atoms with Crippen molar-refractivity contribution in [1.82, 2.24) is 15.2 Å². The standard InChI is InChI=1S/C13H17FN4/c1-3-18-12(8-9(2)17-18)13(16-15)10-6-4-5-7-11(10)14/h4-8,13,16H,3,15H2,1-2H3. The van der Waals surface area contributed by atoms with Crippen LogP contribution in [0, 0.1) is 12.7 Å². The maximum absolute atomic E-state index is 13.8. The predicted octanol–water partition coefficient (Wildman–Crippen LogP) is 1.90. The third kappa shape index (κ3) is 2.27. The Kier molecular flexibility index (Phi) is 3.74. The summed E-state index contributed by atoms with van der Waals surface area (Å²) in [5, 5.41) is 4.35. The minimum absolute atomic E-state index is 0.276. The van der Waals surface area contributed by atoms with Gasteiger partial charge in [0.05, 0.1) is 17.4 Å². The Morgan fingerprint density at radius 2 is 2.17 bits per heavy atom. The Morgan fingerprint density at radius 3 is 2.78 bits per heavy atom. The molecule has 4 nitrogen and oxygen atoms in total. The van der Waals surface area contributed by atoms with Gasteiger partial charge in [-0.3, -0.25) is 10.5 Å². The van der Waals surface area contributed by atoms with E-state index < -0.39 is 6.04 Å². The number of hydrogen-bond donors (Lipinski definition) is 2. The lowest BCUT2D eigenvalue weighted by Crippen LogP contribution is -2.31. The molecule has 1 aromatic carbocycles. The molecule has 5 heteroatoms. The Morgan fingerprint density at radius 1 is 1.44 bits per heavy atom. The average Bonchev–Trinajstić information content (AvgIpc) is 2.74. The predicted molar refractivity (Wildman–Crippen MR) is 68.2 cm³/mol. The van der Waals surface area contributed by atoms with Crippen LogP contribution in [0.2, 0.25) is 0 Å². The first-order valence-corrected chi connectivity index (χ1v) is 5.92. The lowest BCUT2D eigenvalue weighted by atomic mass is 10.0. The first kappa shape index (κ1) is 12.7. The summed E-state index contributed by atoms with van der Waals surface area (Å²) in [6, 6.07) is 8.13. The van der Waals surface area contributed by atoms with E-state index in [1.165, 1.54) is 6.07 Å². The molecule has 0 spiro atoms. The van der Waals surface area contributed by atoms with E-state index in [9.17, 15) is 4.39 Å². The van der Waals surface area contributed by atoms with Crippen molar-refractivity contribution in [2.75, 3.05) is 0 Å². The quantitative estimate of drug-likeness (QED) is 0.642. The van der Waals surface area contributed by atoms with E-state index in [0.29, 0.717) is 5.56 Å². The van der Waals surface area contributed by atoms with Crippen LogP contribution in [0.4, 0.5) is 4.39 Å². The average molecular weight is 248 g/mol. The largest absolute Gasteiger partial charge is 0.271 e. The van der Waals surface area contributed by atoms with Gasteiger partial charge in [0.2, 0.25) is 0 Å². The summed E-state index contributed by atoms with van der Waals surface area (Å²) in [6.07, 6.45) is 0. The summed E-state index contributed by atoms with van der Waals surface area (Å²) in [5.74, 6) is 5.30. The van der Waals surface area contributed by atoms with E-state index in [2.05, 4.69) is 10.5 Å². The zero-order valence-corrected chi connectivity index (χ0v) is 10.5. The molecule has 1 aromatic heterocycles. The number of nitrogens with zero attached hydrogens (tertiary/aromatic N) is 2.